The van der Waals surface area contributed by atoms with Crippen LogP contribution in [0.4, 0.5) is 5.69 Å². The van der Waals surface area contributed by atoms with Crippen molar-refractivity contribution in [1.82, 2.24) is 5.32 Å². The fourth-order valence-corrected chi connectivity index (χ4v) is 2.13. The molecule has 1 aromatic rings. The summed E-state index contributed by atoms with van der Waals surface area (Å²) >= 11 is 3.47. The van der Waals surface area contributed by atoms with E-state index in [1.165, 1.54) is 0 Å². The standard InChI is InChI=1S/C13H18BrN3O/c14-11-3-1-2-4-12(11)16-10(8-15)7-13(18)17-9-5-6-9/h1-4,9-10,16H,5-8,15H2,(H,17,18). The molecule has 1 saturated carbocycles. The van der Waals surface area contributed by atoms with E-state index in [1.54, 1.807) is 0 Å². The van der Waals surface area contributed by atoms with Gasteiger partial charge in [-0.05, 0) is 40.9 Å². The molecule has 1 aliphatic rings. The number of nitrogens with one attached hydrogen (secondary N) is 2. The first kappa shape index (κ1) is 13.4. The van der Waals surface area contributed by atoms with Gasteiger partial charge in [0.05, 0.1) is 0 Å². The van der Waals surface area contributed by atoms with Crippen LogP contribution in [0.3, 0.4) is 0 Å². The molecule has 0 aromatic heterocycles. The van der Waals surface area contributed by atoms with Gasteiger partial charge in [-0.2, -0.15) is 0 Å². The molecule has 5 heteroatoms. The maximum atomic E-state index is 11.7. The van der Waals surface area contributed by atoms with Crippen molar-refractivity contribution >= 4 is 27.5 Å². The van der Waals surface area contributed by atoms with Gasteiger partial charge in [-0.3, -0.25) is 4.79 Å². The lowest BCUT2D eigenvalue weighted by Crippen LogP contribution is -2.36. The van der Waals surface area contributed by atoms with E-state index >= 15 is 0 Å². The maximum Gasteiger partial charge on any atom is 0.222 e. The molecule has 18 heavy (non-hydrogen) atoms. The van der Waals surface area contributed by atoms with Crippen molar-refractivity contribution in [3.05, 3.63) is 28.7 Å². The molecule has 0 aliphatic heterocycles. The van der Waals surface area contributed by atoms with Gasteiger partial charge in [-0.25, -0.2) is 0 Å². The third kappa shape index (κ3) is 3.99. The fourth-order valence-electron chi connectivity index (χ4n) is 1.73. The molecule has 1 fully saturated rings. The molecule has 1 amide bonds. The smallest absolute Gasteiger partial charge is 0.222 e. The second-order valence-corrected chi connectivity index (χ2v) is 5.46. The molecule has 0 bridgehead atoms. The van der Waals surface area contributed by atoms with Crippen molar-refractivity contribution in [1.29, 1.82) is 0 Å². The monoisotopic (exact) mass is 311 g/mol. The number of para-hydroxylation sites is 1. The molecule has 1 unspecified atom stereocenters. The lowest BCUT2D eigenvalue weighted by atomic mass is 10.2. The number of nitrogens with two attached hydrogens (primary N) is 1. The van der Waals surface area contributed by atoms with E-state index in [-0.39, 0.29) is 11.9 Å². The second-order valence-electron chi connectivity index (χ2n) is 4.60. The highest BCUT2D eigenvalue weighted by Crippen LogP contribution is 2.22. The third-order valence-corrected chi connectivity index (χ3v) is 3.58. The molecule has 1 aliphatic carbocycles. The van der Waals surface area contributed by atoms with Crippen LogP contribution < -0.4 is 16.4 Å². The lowest BCUT2D eigenvalue weighted by Gasteiger charge is -2.18. The first-order valence-corrected chi connectivity index (χ1v) is 6.99. The number of anilines is 1. The molecule has 98 valence electrons. The quantitative estimate of drug-likeness (QED) is 0.751. The summed E-state index contributed by atoms with van der Waals surface area (Å²) in [7, 11) is 0. The third-order valence-electron chi connectivity index (χ3n) is 2.89. The molecular weight excluding hydrogens is 294 g/mol. The van der Waals surface area contributed by atoms with Crippen LogP contribution in [0.2, 0.25) is 0 Å². The number of halogens is 1. The summed E-state index contributed by atoms with van der Waals surface area (Å²) in [5.41, 5.74) is 6.67. The predicted octanol–water partition coefficient (Wildman–Crippen LogP) is 1.86. The maximum absolute atomic E-state index is 11.7. The first-order chi connectivity index (χ1) is 8.69. The van der Waals surface area contributed by atoms with E-state index in [9.17, 15) is 4.79 Å². The SMILES string of the molecule is NCC(CC(=O)NC1CC1)Nc1ccccc1Br. The Balaban J connectivity index is 1.88. The van der Waals surface area contributed by atoms with E-state index in [0.29, 0.717) is 19.0 Å². The number of benzene rings is 1. The summed E-state index contributed by atoms with van der Waals surface area (Å²) in [5, 5.41) is 6.26. The number of rotatable bonds is 6. The van der Waals surface area contributed by atoms with Gasteiger partial charge < -0.3 is 16.4 Å². The molecule has 1 aromatic carbocycles. The molecule has 4 nitrogen and oxygen atoms in total. The van der Waals surface area contributed by atoms with Crippen molar-refractivity contribution in [2.45, 2.75) is 31.3 Å². The minimum atomic E-state index is -0.0394. The van der Waals surface area contributed by atoms with Crippen molar-refractivity contribution < 1.29 is 4.79 Å². The zero-order valence-corrected chi connectivity index (χ0v) is 11.7. The molecule has 2 rings (SSSR count). The fraction of sp³-hybridized carbons (Fsp3) is 0.462. The summed E-state index contributed by atoms with van der Waals surface area (Å²) < 4.78 is 0.978. The minimum absolute atomic E-state index is 0.0394. The summed E-state index contributed by atoms with van der Waals surface area (Å²) in [4.78, 5) is 11.7. The Labute approximate surface area is 115 Å². The Morgan fingerprint density at radius 3 is 2.78 bits per heavy atom. The summed E-state index contributed by atoms with van der Waals surface area (Å²) in [5.74, 6) is 0.0764. The highest BCUT2D eigenvalue weighted by Gasteiger charge is 2.24. The number of carbonyl (C=O) groups is 1. The Morgan fingerprint density at radius 1 is 1.44 bits per heavy atom. The van der Waals surface area contributed by atoms with E-state index in [4.69, 9.17) is 5.73 Å². The number of amides is 1. The molecule has 0 spiro atoms. The van der Waals surface area contributed by atoms with Gasteiger partial charge in [0, 0.05) is 35.2 Å². The molecule has 0 radical (unpaired) electrons. The van der Waals surface area contributed by atoms with Gasteiger partial charge in [-0.1, -0.05) is 12.1 Å². The van der Waals surface area contributed by atoms with E-state index in [1.807, 2.05) is 24.3 Å². The zero-order chi connectivity index (χ0) is 13.0. The average Bonchev–Trinajstić information content (AvgIpc) is 3.14. The second kappa shape index (κ2) is 6.20. The normalized spacial score (nSPS) is 16.1. The summed E-state index contributed by atoms with van der Waals surface area (Å²) in [6, 6.07) is 8.19. The van der Waals surface area contributed by atoms with Gasteiger partial charge >= 0.3 is 0 Å². The predicted molar refractivity (Wildman–Crippen MR) is 76.4 cm³/mol. The van der Waals surface area contributed by atoms with Crippen LogP contribution in [0.1, 0.15) is 19.3 Å². The average molecular weight is 312 g/mol. The van der Waals surface area contributed by atoms with E-state index in [0.717, 1.165) is 23.0 Å². The minimum Gasteiger partial charge on any atom is -0.380 e. The lowest BCUT2D eigenvalue weighted by molar-refractivity contribution is -0.121. The van der Waals surface area contributed by atoms with Crippen molar-refractivity contribution in [2.24, 2.45) is 5.73 Å². The first-order valence-electron chi connectivity index (χ1n) is 6.19. The molecule has 1 atom stereocenters. The van der Waals surface area contributed by atoms with Crippen molar-refractivity contribution in [3.8, 4) is 0 Å². The van der Waals surface area contributed by atoms with Crippen LogP contribution in [-0.4, -0.2) is 24.5 Å². The van der Waals surface area contributed by atoms with Gasteiger partial charge in [0.15, 0.2) is 0 Å². The molecular formula is C13H18BrN3O. The van der Waals surface area contributed by atoms with E-state index in [2.05, 4.69) is 26.6 Å². The molecule has 0 saturated heterocycles. The molecule has 4 N–H and O–H groups in total. The summed E-state index contributed by atoms with van der Waals surface area (Å²) in [6.07, 6.45) is 2.63. The largest absolute Gasteiger partial charge is 0.380 e. The van der Waals surface area contributed by atoms with Crippen molar-refractivity contribution in [3.63, 3.8) is 0 Å². The van der Waals surface area contributed by atoms with Crippen LogP contribution in [0.15, 0.2) is 28.7 Å². The number of hydrogen-bond acceptors (Lipinski definition) is 3. The van der Waals surface area contributed by atoms with Gasteiger partial charge in [-0.15, -0.1) is 0 Å². The van der Waals surface area contributed by atoms with Gasteiger partial charge in [0.25, 0.3) is 0 Å². The number of carbonyl (C=O) groups excluding carboxylic acids is 1. The van der Waals surface area contributed by atoms with Crippen LogP contribution >= 0.6 is 15.9 Å². The Morgan fingerprint density at radius 2 is 2.17 bits per heavy atom. The highest BCUT2D eigenvalue weighted by molar-refractivity contribution is 9.10. The van der Waals surface area contributed by atoms with Crippen LogP contribution in [0.5, 0.6) is 0 Å². The van der Waals surface area contributed by atoms with Gasteiger partial charge in [0.1, 0.15) is 0 Å². The van der Waals surface area contributed by atoms with Crippen LogP contribution in [0, 0.1) is 0 Å². The van der Waals surface area contributed by atoms with Crippen LogP contribution in [-0.2, 0) is 4.79 Å². The Bertz CT molecular complexity index is 420. The van der Waals surface area contributed by atoms with Gasteiger partial charge in [0.2, 0.25) is 5.91 Å². The Hall–Kier alpha value is -1.07. The Kier molecular flexibility index (Phi) is 4.60. The van der Waals surface area contributed by atoms with E-state index < -0.39 is 0 Å². The number of hydrogen-bond donors (Lipinski definition) is 3. The van der Waals surface area contributed by atoms with Crippen molar-refractivity contribution in [2.75, 3.05) is 11.9 Å². The van der Waals surface area contributed by atoms with Crippen LogP contribution in [0.25, 0.3) is 0 Å². The molecule has 0 heterocycles. The highest BCUT2D eigenvalue weighted by atomic mass is 79.9. The topological polar surface area (TPSA) is 67.2 Å². The summed E-state index contributed by atoms with van der Waals surface area (Å²) in [6.45, 7) is 0.430. The zero-order valence-electron chi connectivity index (χ0n) is 10.2.